The highest BCUT2D eigenvalue weighted by molar-refractivity contribution is 5.83. The summed E-state index contributed by atoms with van der Waals surface area (Å²) in [6, 6.07) is 14.4. The Morgan fingerprint density at radius 1 is 1.08 bits per heavy atom. The van der Waals surface area contributed by atoms with E-state index < -0.39 is 0 Å². The van der Waals surface area contributed by atoms with E-state index in [1.165, 1.54) is 22.4 Å². The van der Waals surface area contributed by atoms with Gasteiger partial charge in [0.05, 0.1) is 0 Å². The van der Waals surface area contributed by atoms with Crippen molar-refractivity contribution < 1.29 is 9.90 Å². The molecule has 0 unspecified atom stereocenters. The molecule has 0 aromatic heterocycles. The number of aromatic hydroxyl groups is 1. The molecule has 26 heavy (non-hydrogen) atoms. The van der Waals surface area contributed by atoms with Crippen molar-refractivity contribution in [3.05, 3.63) is 59.2 Å². The molecular formula is C23H27NO2. The van der Waals surface area contributed by atoms with Gasteiger partial charge >= 0.3 is 0 Å². The van der Waals surface area contributed by atoms with Crippen molar-refractivity contribution in [1.29, 1.82) is 0 Å². The zero-order valence-corrected chi connectivity index (χ0v) is 15.6. The topological polar surface area (TPSA) is 40.5 Å². The highest BCUT2D eigenvalue weighted by Crippen LogP contribution is 2.48. The van der Waals surface area contributed by atoms with Crippen LogP contribution in [0.4, 0.5) is 5.69 Å². The van der Waals surface area contributed by atoms with Gasteiger partial charge in [-0.2, -0.15) is 0 Å². The lowest BCUT2D eigenvalue weighted by molar-refractivity contribution is -0.127. The Hall–Kier alpha value is -2.29. The van der Waals surface area contributed by atoms with Crippen molar-refractivity contribution in [2.24, 2.45) is 11.8 Å². The molecule has 2 aromatic carbocycles. The third-order valence-corrected chi connectivity index (χ3v) is 6.30. The van der Waals surface area contributed by atoms with Gasteiger partial charge in [0.25, 0.3) is 0 Å². The summed E-state index contributed by atoms with van der Waals surface area (Å²) < 4.78 is 0. The van der Waals surface area contributed by atoms with E-state index in [0.717, 1.165) is 25.7 Å². The molecule has 0 amide bonds. The van der Waals surface area contributed by atoms with Crippen LogP contribution in [0.15, 0.2) is 42.5 Å². The molecule has 1 N–H and O–H groups in total. The zero-order valence-electron chi connectivity index (χ0n) is 15.6. The quantitative estimate of drug-likeness (QED) is 0.897. The molecular weight excluding hydrogens is 322 g/mol. The van der Waals surface area contributed by atoms with Gasteiger partial charge in [0.1, 0.15) is 11.5 Å². The van der Waals surface area contributed by atoms with Gasteiger partial charge in [-0.15, -0.1) is 0 Å². The Bertz CT molecular complexity index is 827. The first-order valence-corrected chi connectivity index (χ1v) is 9.63. The fourth-order valence-corrected chi connectivity index (χ4v) is 4.98. The molecule has 0 bridgehead atoms. The maximum absolute atomic E-state index is 12.8. The predicted octanol–water partition coefficient (Wildman–Crippen LogP) is 4.33. The van der Waals surface area contributed by atoms with Crippen molar-refractivity contribution >= 4 is 11.5 Å². The highest BCUT2D eigenvalue weighted by Gasteiger charge is 2.41. The molecule has 1 fully saturated rings. The second kappa shape index (κ2) is 6.79. The average molecular weight is 349 g/mol. The maximum Gasteiger partial charge on any atom is 0.136 e. The fraction of sp³-hybridized carbons (Fsp3) is 0.435. The van der Waals surface area contributed by atoms with Crippen LogP contribution in [0.5, 0.6) is 5.75 Å². The highest BCUT2D eigenvalue weighted by atomic mass is 16.3. The number of benzene rings is 2. The third-order valence-electron chi connectivity index (χ3n) is 6.30. The first kappa shape index (κ1) is 17.1. The Morgan fingerprint density at radius 3 is 2.73 bits per heavy atom. The summed E-state index contributed by atoms with van der Waals surface area (Å²) in [5.74, 6) is 1.79. The fourth-order valence-electron chi connectivity index (χ4n) is 4.98. The number of phenols is 1. The number of anilines is 1. The van der Waals surface area contributed by atoms with E-state index in [9.17, 15) is 9.90 Å². The van der Waals surface area contributed by atoms with Gasteiger partial charge in [-0.1, -0.05) is 18.2 Å². The summed E-state index contributed by atoms with van der Waals surface area (Å²) in [4.78, 5) is 14.9. The molecule has 2 aliphatic carbocycles. The van der Waals surface area contributed by atoms with Crippen molar-refractivity contribution in [2.45, 2.75) is 38.0 Å². The van der Waals surface area contributed by atoms with Crippen molar-refractivity contribution in [1.82, 2.24) is 0 Å². The predicted molar refractivity (Wildman–Crippen MR) is 105 cm³/mol. The third kappa shape index (κ3) is 3.11. The number of hydrogen-bond donors (Lipinski definition) is 1. The summed E-state index contributed by atoms with van der Waals surface area (Å²) in [6.45, 7) is 0. The standard InChI is InChI=1S/C23H27NO2/c1-24(2)17-5-3-4-15(12-17)13-22-21-8-6-16-14-18(25)7-9-19(16)20(21)10-11-23(22)26/h3-5,7,9,12,14,20-22,25H,6,8,10-11,13H2,1-2H3/t20-,21-,22-/m1/s1. The van der Waals surface area contributed by atoms with Crippen molar-refractivity contribution in [3.8, 4) is 5.75 Å². The number of nitrogens with zero attached hydrogens (tertiary/aromatic N) is 1. The van der Waals surface area contributed by atoms with Crippen LogP contribution in [0.1, 0.15) is 41.9 Å². The van der Waals surface area contributed by atoms with Gasteiger partial charge in [-0.05, 0) is 78.5 Å². The van der Waals surface area contributed by atoms with Gasteiger partial charge in [-0.25, -0.2) is 0 Å². The second-order valence-electron chi connectivity index (χ2n) is 8.07. The SMILES string of the molecule is CN(C)c1cccc(C[C@H]2C(=O)CC[C@@H]3c4ccc(O)cc4CC[C@H]32)c1. The molecule has 2 aliphatic rings. The van der Waals surface area contributed by atoms with E-state index in [-0.39, 0.29) is 5.92 Å². The number of phenolic OH excluding ortho intramolecular Hbond substituents is 1. The van der Waals surface area contributed by atoms with E-state index in [0.29, 0.717) is 29.8 Å². The molecule has 2 aromatic rings. The Morgan fingerprint density at radius 2 is 1.92 bits per heavy atom. The number of hydrogen-bond acceptors (Lipinski definition) is 3. The maximum atomic E-state index is 12.8. The first-order valence-electron chi connectivity index (χ1n) is 9.63. The Kier molecular flexibility index (Phi) is 4.47. The van der Waals surface area contributed by atoms with E-state index in [2.05, 4.69) is 35.2 Å². The lowest BCUT2D eigenvalue weighted by Crippen LogP contribution is -2.38. The zero-order chi connectivity index (χ0) is 18.3. The van der Waals surface area contributed by atoms with Gasteiger partial charge in [0.2, 0.25) is 0 Å². The minimum Gasteiger partial charge on any atom is -0.508 e. The summed E-state index contributed by atoms with van der Waals surface area (Å²) in [5.41, 5.74) is 5.08. The summed E-state index contributed by atoms with van der Waals surface area (Å²) in [5, 5.41) is 9.79. The van der Waals surface area contributed by atoms with Gasteiger partial charge in [0.15, 0.2) is 0 Å². The van der Waals surface area contributed by atoms with Crippen LogP contribution in [0, 0.1) is 11.8 Å². The molecule has 3 nitrogen and oxygen atoms in total. The normalized spacial score (nSPS) is 24.7. The number of carbonyl (C=O) groups excluding carboxylic acids is 1. The van der Waals surface area contributed by atoms with Crippen LogP contribution in [-0.2, 0) is 17.6 Å². The van der Waals surface area contributed by atoms with E-state index in [1.54, 1.807) is 6.07 Å². The number of fused-ring (bicyclic) bond motifs is 3. The number of rotatable bonds is 3. The van der Waals surface area contributed by atoms with Gasteiger partial charge in [0, 0.05) is 32.1 Å². The number of Topliss-reactive ketones (excluding diaryl/α,β-unsaturated/α-hetero) is 1. The number of aryl methyl sites for hydroxylation is 1. The van der Waals surface area contributed by atoms with Gasteiger partial charge in [-0.3, -0.25) is 4.79 Å². The Labute approximate surface area is 155 Å². The first-order chi connectivity index (χ1) is 12.5. The minimum absolute atomic E-state index is 0.119. The molecule has 136 valence electrons. The molecule has 3 atom stereocenters. The van der Waals surface area contributed by atoms with Crippen LogP contribution >= 0.6 is 0 Å². The summed E-state index contributed by atoms with van der Waals surface area (Å²) in [6.07, 6.45) is 4.49. The van der Waals surface area contributed by atoms with Crippen LogP contribution < -0.4 is 4.90 Å². The van der Waals surface area contributed by atoms with Gasteiger partial charge < -0.3 is 10.0 Å². The monoisotopic (exact) mass is 349 g/mol. The van der Waals surface area contributed by atoms with Crippen molar-refractivity contribution in [2.75, 3.05) is 19.0 Å². The molecule has 0 radical (unpaired) electrons. The molecule has 3 heteroatoms. The molecule has 0 spiro atoms. The van der Waals surface area contributed by atoms with Crippen LogP contribution in [0.25, 0.3) is 0 Å². The number of carbonyl (C=O) groups is 1. The van der Waals surface area contributed by atoms with E-state index in [4.69, 9.17) is 0 Å². The second-order valence-corrected chi connectivity index (χ2v) is 8.07. The van der Waals surface area contributed by atoms with Crippen LogP contribution in [-0.4, -0.2) is 25.0 Å². The lowest BCUT2D eigenvalue weighted by Gasteiger charge is -2.41. The van der Waals surface area contributed by atoms with E-state index >= 15 is 0 Å². The lowest BCUT2D eigenvalue weighted by atomic mass is 9.62. The Balaban J connectivity index is 1.61. The van der Waals surface area contributed by atoms with Crippen LogP contribution in [0.3, 0.4) is 0 Å². The van der Waals surface area contributed by atoms with E-state index in [1.807, 2.05) is 20.2 Å². The molecule has 0 aliphatic heterocycles. The summed E-state index contributed by atoms with van der Waals surface area (Å²) >= 11 is 0. The average Bonchev–Trinajstić information content (AvgIpc) is 2.63. The molecule has 0 saturated heterocycles. The smallest absolute Gasteiger partial charge is 0.136 e. The minimum atomic E-state index is 0.119. The van der Waals surface area contributed by atoms with Crippen LogP contribution in [0.2, 0.25) is 0 Å². The number of ketones is 1. The largest absolute Gasteiger partial charge is 0.508 e. The molecule has 4 rings (SSSR count). The summed E-state index contributed by atoms with van der Waals surface area (Å²) in [7, 11) is 4.10. The molecule has 1 saturated carbocycles. The molecule has 0 heterocycles. The van der Waals surface area contributed by atoms with Crippen molar-refractivity contribution in [3.63, 3.8) is 0 Å².